The van der Waals surface area contributed by atoms with Crippen LogP contribution in [0, 0.1) is 5.82 Å². The van der Waals surface area contributed by atoms with Crippen LogP contribution in [0.2, 0.25) is 0 Å². The van der Waals surface area contributed by atoms with Gasteiger partial charge in [-0.15, -0.1) is 0 Å². The highest BCUT2D eigenvalue weighted by atomic mass is 32.2. The molecule has 1 N–H and O–H groups in total. The highest BCUT2D eigenvalue weighted by Gasteiger charge is 2.45. The standard InChI is InChI=1S/C25H31FN2O4S/c1-32-22-13-9-20(10-14-22)18-33(31)25-16-24(30)28(25)17-23(29)27-15-5-3-2-4-6-19-7-11-21(26)12-8-19/h7-14,25H,2-6,15-18H2,1H3,(H,27,29). The van der Waals surface area contributed by atoms with Crippen LogP contribution < -0.4 is 10.1 Å². The van der Waals surface area contributed by atoms with Crippen LogP contribution in [0.15, 0.2) is 48.5 Å². The van der Waals surface area contributed by atoms with Crippen LogP contribution in [-0.2, 0) is 32.9 Å². The van der Waals surface area contributed by atoms with Gasteiger partial charge in [-0.1, -0.05) is 37.1 Å². The third-order valence-electron chi connectivity index (χ3n) is 5.73. The Morgan fingerprint density at radius 3 is 2.42 bits per heavy atom. The summed E-state index contributed by atoms with van der Waals surface area (Å²) in [5.41, 5.74) is 2.03. The second kappa shape index (κ2) is 12.6. The molecule has 2 amide bonds. The molecule has 8 heteroatoms. The van der Waals surface area contributed by atoms with E-state index in [4.69, 9.17) is 4.74 Å². The first-order valence-corrected chi connectivity index (χ1v) is 12.6. The normalized spacial score (nSPS) is 16.3. The van der Waals surface area contributed by atoms with E-state index in [0.29, 0.717) is 12.3 Å². The Morgan fingerprint density at radius 1 is 1.09 bits per heavy atom. The molecule has 1 aliphatic heterocycles. The molecular formula is C25H31FN2O4S. The molecule has 0 spiro atoms. The minimum atomic E-state index is -1.27. The van der Waals surface area contributed by atoms with Crippen molar-refractivity contribution in [3.63, 3.8) is 0 Å². The van der Waals surface area contributed by atoms with Crippen molar-refractivity contribution in [1.29, 1.82) is 0 Å². The molecule has 2 unspecified atom stereocenters. The summed E-state index contributed by atoms with van der Waals surface area (Å²) < 4.78 is 30.7. The first-order chi connectivity index (χ1) is 16.0. The average Bonchev–Trinajstić information content (AvgIpc) is 2.82. The van der Waals surface area contributed by atoms with Gasteiger partial charge < -0.3 is 14.6 Å². The maximum atomic E-state index is 12.9. The lowest BCUT2D eigenvalue weighted by molar-refractivity contribution is -0.145. The van der Waals surface area contributed by atoms with Crippen molar-refractivity contribution in [2.75, 3.05) is 20.2 Å². The molecule has 0 aliphatic carbocycles. The minimum absolute atomic E-state index is 0.0532. The van der Waals surface area contributed by atoms with Gasteiger partial charge in [-0.25, -0.2) is 4.39 Å². The molecule has 33 heavy (non-hydrogen) atoms. The van der Waals surface area contributed by atoms with Crippen molar-refractivity contribution in [1.82, 2.24) is 10.2 Å². The number of benzene rings is 2. The molecule has 2 aromatic carbocycles. The molecule has 0 aromatic heterocycles. The molecule has 2 aromatic rings. The Kier molecular flexibility index (Phi) is 9.57. The number of nitrogens with zero attached hydrogens (tertiary/aromatic N) is 1. The summed E-state index contributed by atoms with van der Waals surface area (Å²) in [6.07, 6.45) is 5.02. The lowest BCUT2D eigenvalue weighted by atomic mass is 10.1. The molecule has 1 aliphatic rings. The van der Waals surface area contributed by atoms with E-state index < -0.39 is 16.5 Å². The van der Waals surface area contributed by atoms with Crippen molar-refractivity contribution in [2.24, 2.45) is 0 Å². The summed E-state index contributed by atoms with van der Waals surface area (Å²) in [6, 6.07) is 13.9. The number of β-lactam (4-membered cyclic amide) rings is 1. The molecule has 1 saturated heterocycles. The Balaban J connectivity index is 1.30. The molecule has 0 radical (unpaired) electrons. The molecule has 6 nitrogen and oxygen atoms in total. The Hall–Kier alpha value is -2.58. The summed E-state index contributed by atoms with van der Waals surface area (Å²) in [4.78, 5) is 25.6. The van der Waals surface area contributed by atoms with E-state index in [0.717, 1.165) is 49.0 Å². The largest absolute Gasteiger partial charge is 0.614 e. The van der Waals surface area contributed by atoms with E-state index in [1.165, 1.54) is 17.0 Å². The van der Waals surface area contributed by atoms with E-state index >= 15 is 0 Å². The highest BCUT2D eigenvalue weighted by molar-refractivity contribution is 7.91. The first kappa shape index (κ1) is 25.1. The number of ether oxygens (including phenoxy) is 1. The van der Waals surface area contributed by atoms with Crippen LogP contribution in [-0.4, -0.2) is 46.8 Å². The van der Waals surface area contributed by atoms with Gasteiger partial charge in [0.15, 0.2) is 5.37 Å². The zero-order valence-electron chi connectivity index (χ0n) is 18.9. The van der Waals surface area contributed by atoms with Crippen LogP contribution >= 0.6 is 0 Å². The van der Waals surface area contributed by atoms with Gasteiger partial charge in [0.05, 0.1) is 13.5 Å². The summed E-state index contributed by atoms with van der Waals surface area (Å²) in [7, 11) is 1.59. The molecule has 2 atom stereocenters. The quantitative estimate of drug-likeness (QED) is 0.273. The number of rotatable bonds is 13. The van der Waals surface area contributed by atoms with Crippen molar-refractivity contribution in [3.05, 3.63) is 65.5 Å². The average molecular weight is 475 g/mol. The third kappa shape index (κ3) is 7.75. The lowest BCUT2D eigenvalue weighted by Crippen LogP contribution is -2.59. The van der Waals surface area contributed by atoms with Gasteiger partial charge in [-0.05, 0) is 60.3 Å². The fourth-order valence-corrected chi connectivity index (χ4v) is 5.25. The van der Waals surface area contributed by atoms with Gasteiger partial charge in [0.2, 0.25) is 11.8 Å². The van der Waals surface area contributed by atoms with Crippen LogP contribution in [0.1, 0.15) is 43.2 Å². The number of unbranched alkanes of at least 4 members (excludes halogenated alkanes) is 3. The van der Waals surface area contributed by atoms with Gasteiger partial charge in [-0.3, -0.25) is 14.5 Å². The predicted octanol–water partition coefficient (Wildman–Crippen LogP) is 3.56. The Labute approximate surface area is 197 Å². The van der Waals surface area contributed by atoms with Crippen molar-refractivity contribution < 1.29 is 23.3 Å². The minimum Gasteiger partial charge on any atom is -0.614 e. The SMILES string of the molecule is COc1ccc(C[S+]([O-])C2CC(=O)N2CC(=O)NCCCCCCc2ccc(F)cc2)cc1. The maximum Gasteiger partial charge on any atom is 0.239 e. The Bertz CT molecular complexity index is 908. The van der Waals surface area contributed by atoms with Gasteiger partial charge in [0.1, 0.15) is 23.9 Å². The van der Waals surface area contributed by atoms with Gasteiger partial charge in [0, 0.05) is 12.1 Å². The highest BCUT2D eigenvalue weighted by Crippen LogP contribution is 2.27. The zero-order valence-corrected chi connectivity index (χ0v) is 19.7. The number of nitrogens with one attached hydrogen (secondary N) is 1. The van der Waals surface area contributed by atoms with Gasteiger partial charge in [0.25, 0.3) is 0 Å². The molecule has 0 saturated carbocycles. The van der Waals surface area contributed by atoms with Crippen LogP contribution in [0.25, 0.3) is 0 Å². The summed E-state index contributed by atoms with van der Waals surface area (Å²) in [5, 5.41) is 2.43. The van der Waals surface area contributed by atoms with E-state index in [2.05, 4.69) is 5.32 Å². The van der Waals surface area contributed by atoms with Gasteiger partial charge >= 0.3 is 0 Å². The smallest absolute Gasteiger partial charge is 0.239 e. The number of methoxy groups -OCH3 is 1. The van der Waals surface area contributed by atoms with Gasteiger partial charge in [-0.2, -0.15) is 0 Å². The van der Waals surface area contributed by atoms with E-state index in [-0.39, 0.29) is 30.6 Å². The number of hydrogen-bond acceptors (Lipinski definition) is 4. The van der Waals surface area contributed by atoms with Crippen LogP contribution in [0.3, 0.4) is 0 Å². The fraction of sp³-hybridized carbons (Fsp3) is 0.440. The summed E-state index contributed by atoms with van der Waals surface area (Å²) in [5.74, 6) is 0.483. The number of likely N-dealkylation sites (tertiary alicyclic amines) is 1. The zero-order chi connectivity index (χ0) is 23.6. The lowest BCUT2D eigenvalue weighted by Gasteiger charge is -2.39. The van der Waals surface area contributed by atoms with E-state index in [1.54, 1.807) is 7.11 Å². The van der Waals surface area contributed by atoms with Crippen molar-refractivity contribution >= 4 is 23.0 Å². The molecule has 178 valence electrons. The number of hydrogen-bond donors (Lipinski definition) is 1. The Morgan fingerprint density at radius 2 is 1.76 bits per heavy atom. The monoisotopic (exact) mass is 474 g/mol. The molecular weight excluding hydrogens is 443 g/mol. The number of carbonyl (C=O) groups excluding carboxylic acids is 2. The van der Waals surface area contributed by atoms with Crippen molar-refractivity contribution in [2.45, 2.75) is 49.7 Å². The third-order valence-corrected chi connectivity index (χ3v) is 7.38. The summed E-state index contributed by atoms with van der Waals surface area (Å²) in [6.45, 7) is 0.499. The number of aryl methyl sites for hydroxylation is 1. The second-order valence-electron chi connectivity index (χ2n) is 8.19. The first-order valence-electron chi connectivity index (χ1n) is 11.3. The van der Waals surface area contributed by atoms with E-state index in [1.807, 2.05) is 36.4 Å². The van der Waals surface area contributed by atoms with Crippen LogP contribution in [0.4, 0.5) is 4.39 Å². The maximum absolute atomic E-state index is 12.9. The topological polar surface area (TPSA) is 81.7 Å². The fourth-order valence-electron chi connectivity index (χ4n) is 3.73. The van der Waals surface area contributed by atoms with E-state index in [9.17, 15) is 18.5 Å². The molecule has 3 rings (SSSR count). The van der Waals surface area contributed by atoms with Crippen LogP contribution in [0.5, 0.6) is 5.75 Å². The number of amides is 2. The second-order valence-corrected chi connectivity index (χ2v) is 9.79. The summed E-state index contributed by atoms with van der Waals surface area (Å²) >= 11 is -1.27. The molecule has 1 heterocycles. The van der Waals surface area contributed by atoms with Crippen molar-refractivity contribution in [3.8, 4) is 5.75 Å². The predicted molar refractivity (Wildman–Crippen MR) is 127 cm³/mol. The molecule has 0 bridgehead atoms. The molecule has 1 fully saturated rings. The number of carbonyl (C=O) groups is 2. The number of halogens is 1.